The van der Waals surface area contributed by atoms with Gasteiger partial charge in [-0.05, 0) is 22.0 Å². The van der Waals surface area contributed by atoms with Crippen LogP contribution in [0.2, 0.25) is 0 Å². The lowest BCUT2D eigenvalue weighted by Crippen LogP contribution is -2.31. The van der Waals surface area contributed by atoms with E-state index in [2.05, 4.69) is 20.9 Å². The Morgan fingerprint density at radius 3 is 2.94 bits per heavy atom. The van der Waals surface area contributed by atoms with Gasteiger partial charge in [0.05, 0.1) is 4.47 Å². The molecule has 1 aliphatic rings. The highest BCUT2D eigenvalue weighted by molar-refractivity contribution is 9.10. The molecule has 1 unspecified atom stereocenters. The molecule has 6 heteroatoms. The lowest BCUT2D eigenvalue weighted by molar-refractivity contribution is 0.331. The summed E-state index contributed by atoms with van der Waals surface area (Å²) in [6, 6.07) is 2.87. The van der Waals surface area contributed by atoms with Crippen molar-refractivity contribution < 1.29 is 9.13 Å². The number of fused-ring (bicyclic) bond motifs is 1. The van der Waals surface area contributed by atoms with Gasteiger partial charge in [-0.2, -0.15) is 0 Å². The summed E-state index contributed by atoms with van der Waals surface area (Å²) in [5.41, 5.74) is 6.61. The Bertz CT molecular complexity index is 476. The topological polar surface area (TPSA) is 50.8 Å². The minimum Gasteiger partial charge on any atom is -0.491 e. The van der Waals surface area contributed by atoms with Gasteiger partial charge in [-0.25, -0.2) is 9.38 Å². The molecule has 0 bridgehead atoms. The van der Waals surface area contributed by atoms with E-state index in [1.165, 1.54) is 6.07 Å². The summed E-state index contributed by atoms with van der Waals surface area (Å²) in [5, 5.41) is 0. The van der Waals surface area contributed by atoms with Crippen LogP contribution in [-0.4, -0.2) is 31.6 Å². The van der Waals surface area contributed by atoms with Crippen molar-refractivity contribution in [1.82, 2.24) is 4.90 Å². The van der Waals surface area contributed by atoms with E-state index in [1.807, 2.05) is 14.1 Å². The SMILES string of the molecule is CN(C)C(N)=NC1COc2cc(F)c(Br)cc21. The number of guanidine groups is 1. The Kier molecular flexibility index (Phi) is 3.24. The fourth-order valence-corrected chi connectivity index (χ4v) is 1.93. The molecular weight excluding hydrogens is 289 g/mol. The minimum atomic E-state index is -0.339. The molecular formula is C11H13BrFN3O. The molecule has 0 fully saturated rings. The molecule has 0 spiro atoms. The first kappa shape index (κ1) is 12.2. The first-order valence-corrected chi connectivity index (χ1v) is 5.90. The summed E-state index contributed by atoms with van der Waals surface area (Å²) in [6.45, 7) is 0.389. The molecule has 92 valence electrons. The fraction of sp³-hybridized carbons (Fsp3) is 0.364. The quantitative estimate of drug-likeness (QED) is 0.637. The first-order valence-electron chi connectivity index (χ1n) is 5.11. The largest absolute Gasteiger partial charge is 0.491 e. The van der Waals surface area contributed by atoms with E-state index in [9.17, 15) is 4.39 Å². The molecule has 0 aromatic heterocycles. The molecule has 2 rings (SSSR count). The summed E-state index contributed by atoms with van der Waals surface area (Å²) in [7, 11) is 3.63. The second-order valence-electron chi connectivity index (χ2n) is 4.01. The smallest absolute Gasteiger partial charge is 0.191 e. The molecule has 0 amide bonds. The molecule has 17 heavy (non-hydrogen) atoms. The maximum atomic E-state index is 13.3. The van der Waals surface area contributed by atoms with Gasteiger partial charge in [0.25, 0.3) is 0 Å². The van der Waals surface area contributed by atoms with Crippen molar-refractivity contribution in [2.75, 3.05) is 20.7 Å². The molecule has 1 atom stereocenters. The maximum Gasteiger partial charge on any atom is 0.191 e. The van der Waals surface area contributed by atoms with Crippen LogP contribution in [0.4, 0.5) is 4.39 Å². The Labute approximate surface area is 107 Å². The van der Waals surface area contributed by atoms with Gasteiger partial charge >= 0.3 is 0 Å². The minimum absolute atomic E-state index is 0.177. The average molecular weight is 302 g/mol. The number of benzene rings is 1. The highest BCUT2D eigenvalue weighted by Crippen LogP contribution is 2.37. The molecule has 4 nitrogen and oxygen atoms in total. The zero-order valence-corrected chi connectivity index (χ0v) is 11.2. The van der Waals surface area contributed by atoms with Gasteiger partial charge in [0.1, 0.15) is 24.2 Å². The zero-order valence-electron chi connectivity index (χ0n) is 9.58. The number of hydrogen-bond donors (Lipinski definition) is 1. The number of rotatable bonds is 1. The molecule has 0 saturated carbocycles. The van der Waals surface area contributed by atoms with Gasteiger partial charge in [0.2, 0.25) is 0 Å². The Morgan fingerprint density at radius 2 is 2.29 bits per heavy atom. The van der Waals surface area contributed by atoms with Crippen molar-refractivity contribution >= 4 is 21.9 Å². The molecule has 0 radical (unpaired) electrons. The van der Waals surface area contributed by atoms with Crippen LogP contribution in [-0.2, 0) is 0 Å². The zero-order chi connectivity index (χ0) is 12.6. The number of nitrogens with zero attached hydrogens (tertiary/aromatic N) is 2. The second kappa shape index (κ2) is 4.52. The first-order chi connectivity index (χ1) is 7.99. The maximum absolute atomic E-state index is 13.3. The summed E-state index contributed by atoms with van der Waals surface area (Å²) in [5.74, 6) is 0.617. The normalized spacial score (nSPS) is 18.8. The molecule has 1 heterocycles. The third kappa shape index (κ3) is 2.36. The number of hydrogen-bond acceptors (Lipinski definition) is 2. The molecule has 1 aromatic carbocycles. The average Bonchev–Trinajstić information content (AvgIpc) is 2.62. The third-order valence-electron chi connectivity index (χ3n) is 2.55. The summed E-state index contributed by atoms with van der Waals surface area (Å²) < 4.78 is 19.1. The highest BCUT2D eigenvalue weighted by Gasteiger charge is 2.25. The van der Waals surface area contributed by atoms with Crippen molar-refractivity contribution in [3.05, 3.63) is 28.0 Å². The van der Waals surface area contributed by atoms with Gasteiger partial charge in [0.15, 0.2) is 5.96 Å². The van der Waals surface area contributed by atoms with Gasteiger partial charge < -0.3 is 15.4 Å². The monoisotopic (exact) mass is 301 g/mol. The van der Waals surface area contributed by atoms with Crippen LogP contribution in [0.25, 0.3) is 0 Å². The van der Waals surface area contributed by atoms with Crippen LogP contribution in [0.3, 0.4) is 0 Å². The van der Waals surface area contributed by atoms with E-state index < -0.39 is 0 Å². The Hall–Kier alpha value is -1.30. The second-order valence-corrected chi connectivity index (χ2v) is 4.87. The van der Waals surface area contributed by atoms with Crippen LogP contribution >= 0.6 is 15.9 Å². The van der Waals surface area contributed by atoms with E-state index in [0.717, 1.165) is 5.56 Å². The molecule has 0 saturated heterocycles. The van der Waals surface area contributed by atoms with E-state index in [-0.39, 0.29) is 11.9 Å². The molecule has 1 aliphatic heterocycles. The van der Waals surface area contributed by atoms with Crippen LogP contribution in [0.15, 0.2) is 21.6 Å². The number of nitrogens with two attached hydrogens (primary N) is 1. The van der Waals surface area contributed by atoms with Crippen LogP contribution in [0.5, 0.6) is 5.75 Å². The lowest BCUT2D eigenvalue weighted by Gasteiger charge is -2.12. The summed E-state index contributed by atoms with van der Waals surface area (Å²) >= 11 is 3.15. The van der Waals surface area contributed by atoms with Crippen molar-refractivity contribution in [3.8, 4) is 5.75 Å². The molecule has 0 aliphatic carbocycles. The number of ether oxygens (including phenoxy) is 1. The molecule has 1 aromatic rings. The standard InChI is InChI=1S/C11H13BrFN3O/c1-16(2)11(14)15-9-5-17-10-4-8(13)7(12)3-6(9)10/h3-4,9H,5H2,1-2H3,(H2,14,15). The summed E-state index contributed by atoms with van der Waals surface area (Å²) in [4.78, 5) is 6.06. The van der Waals surface area contributed by atoms with E-state index in [4.69, 9.17) is 10.5 Å². The van der Waals surface area contributed by atoms with E-state index >= 15 is 0 Å². The van der Waals surface area contributed by atoms with E-state index in [0.29, 0.717) is 22.8 Å². The van der Waals surface area contributed by atoms with Crippen molar-refractivity contribution in [1.29, 1.82) is 0 Å². The number of halogens is 2. The Balaban J connectivity index is 2.34. The number of aliphatic imine (C=N–C) groups is 1. The van der Waals surface area contributed by atoms with Gasteiger partial charge in [-0.1, -0.05) is 0 Å². The van der Waals surface area contributed by atoms with Crippen LogP contribution in [0.1, 0.15) is 11.6 Å². The predicted octanol–water partition coefficient (Wildman–Crippen LogP) is 1.90. The Morgan fingerprint density at radius 1 is 1.59 bits per heavy atom. The highest BCUT2D eigenvalue weighted by atomic mass is 79.9. The van der Waals surface area contributed by atoms with E-state index in [1.54, 1.807) is 11.0 Å². The van der Waals surface area contributed by atoms with Crippen molar-refractivity contribution in [2.24, 2.45) is 10.7 Å². The lowest BCUT2D eigenvalue weighted by atomic mass is 10.1. The van der Waals surface area contributed by atoms with Gasteiger partial charge in [0, 0.05) is 25.7 Å². The third-order valence-corrected chi connectivity index (χ3v) is 3.16. The molecule has 2 N–H and O–H groups in total. The predicted molar refractivity (Wildman–Crippen MR) is 67.6 cm³/mol. The summed E-state index contributed by atoms with van der Waals surface area (Å²) in [6.07, 6.45) is 0. The van der Waals surface area contributed by atoms with Crippen molar-refractivity contribution in [2.45, 2.75) is 6.04 Å². The van der Waals surface area contributed by atoms with Crippen LogP contribution < -0.4 is 10.5 Å². The van der Waals surface area contributed by atoms with Crippen molar-refractivity contribution in [3.63, 3.8) is 0 Å². The van der Waals surface area contributed by atoms with Crippen LogP contribution in [0, 0.1) is 5.82 Å². The van der Waals surface area contributed by atoms with Gasteiger partial charge in [-0.15, -0.1) is 0 Å². The fourth-order valence-electron chi connectivity index (χ4n) is 1.57. The van der Waals surface area contributed by atoms with Gasteiger partial charge in [-0.3, -0.25) is 0 Å².